The molecule has 0 aliphatic carbocycles. The average molecular weight is 146 g/mol. The molecule has 0 amide bonds. The summed E-state index contributed by atoms with van der Waals surface area (Å²) in [5.74, 6) is 0.299. The van der Waals surface area contributed by atoms with Crippen molar-refractivity contribution in [3.63, 3.8) is 0 Å². The van der Waals surface area contributed by atoms with E-state index in [-0.39, 0.29) is 0 Å². The van der Waals surface area contributed by atoms with Crippen LogP contribution in [0.25, 0.3) is 0 Å². The first-order chi connectivity index (χ1) is 4.54. The van der Waals surface area contributed by atoms with Crippen LogP contribution in [0.4, 0.5) is 0 Å². The summed E-state index contributed by atoms with van der Waals surface area (Å²) in [7, 11) is 1.61. The van der Waals surface area contributed by atoms with Gasteiger partial charge in [-0.15, -0.1) is 0 Å². The van der Waals surface area contributed by atoms with Crippen LogP contribution in [0.1, 0.15) is 27.2 Å². The van der Waals surface area contributed by atoms with E-state index in [9.17, 15) is 5.11 Å². The van der Waals surface area contributed by atoms with Gasteiger partial charge in [0.2, 0.25) is 0 Å². The van der Waals surface area contributed by atoms with Gasteiger partial charge in [0.15, 0.2) is 0 Å². The standard InChI is InChI=1S/C8H18O2/c1-5-7(2)8(3,9)6-10-4/h7,9H,5-6H2,1-4H3. The van der Waals surface area contributed by atoms with Gasteiger partial charge in [0.25, 0.3) is 0 Å². The third-order valence-corrected chi connectivity index (χ3v) is 2.11. The minimum atomic E-state index is -0.663. The number of hydrogen-bond acceptors (Lipinski definition) is 2. The number of rotatable bonds is 4. The molecule has 2 unspecified atom stereocenters. The predicted octanol–water partition coefficient (Wildman–Crippen LogP) is 1.43. The summed E-state index contributed by atoms with van der Waals surface area (Å²) < 4.78 is 4.88. The molecule has 0 aromatic carbocycles. The summed E-state index contributed by atoms with van der Waals surface area (Å²) in [4.78, 5) is 0. The Kier molecular flexibility index (Phi) is 3.91. The van der Waals surface area contributed by atoms with Gasteiger partial charge in [-0.25, -0.2) is 0 Å². The summed E-state index contributed by atoms with van der Waals surface area (Å²) in [5, 5.41) is 9.66. The molecule has 2 nitrogen and oxygen atoms in total. The van der Waals surface area contributed by atoms with E-state index < -0.39 is 5.60 Å². The van der Waals surface area contributed by atoms with Gasteiger partial charge >= 0.3 is 0 Å². The van der Waals surface area contributed by atoms with Gasteiger partial charge in [-0.3, -0.25) is 0 Å². The fourth-order valence-corrected chi connectivity index (χ4v) is 0.874. The number of hydrogen-bond donors (Lipinski definition) is 1. The summed E-state index contributed by atoms with van der Waals surface area (Å²) in [6.07, 6.45) is 0.982. The van der Waals surface area contributed by atoms with Crippen molar-refractivity contribution in [2.75, 3.05) is 13.7 Å². The Balaban J connectivity index is 3.82. The summed E-state index contributed by atoms with van der Waals surface area (Å²) in [6, 6.07) is 0. The highest BCUT2D eigenvalue weighted by molar-refractivity contribution is 4.77. The van der Waals surface area contributed by atoms with Gasteiger partial charge in [0.1, 0.15) is 0 Å². The first-order valence-electron chi connectivity index (χ1n) is 3.76. The largest absolute Gasteiger partial charge is 0.387 e. The molecule has 0 saturated carbocycles. The van der Waals surface area contributed by atoms with Gasteiger partial charge in [-0.2, -0.15) is 0 Å². The Hall–Kier alpha value is -0.0800. The molecule has 10 heavy (non-hydrogen) atoms. The van der Waals surface area contributed by atoms with Crippen LogP contribution in [-0.2, 0) is 4.74 Å². The summed E-state index contributed by atoms with van der Waals surface area (Å²) in [5.41, 5.74) is -0.663. The molecule has 0 heterocycles. The topological polar surface area (TPSA) is 29.5 Å². The van der Waals surface area contributed by atoms with Crippen LogP contribution >= 0.6 is 0 Å². The Labute approximate surface area is 63.2 Å². The maximum absolute atomic E-state index is 9.66. The molecule has 0 aliphatic heterocycles. The molecule has 0 aliphatic rings. The molecule has 2 atom stereocenters. The molecule has 0 aromatic heterocycles. The molecular formula is C8H18O2. The lowest BCUT2D eigenvalue weighted by molar-refractivity contribution is -0.0556. The van der Waals surface area contributed by atoms with Gasteiger partial charge in [-0.05, 0) is 12.8 Å². The van der Waals surface area contributed by atoms with Crippen molar-refractivity contribution < 1.29 is 9.84 Å². The summed E-state index contributed by atoms with van der Waals surface area (Å²) >= 11 is 0. The van der Waals surface area contributed by atoms with E-state index in [4.69, 9.17) is 4.74 Å². The molecule has 0 bridgehead atoms. The molecule has 0 spiro atoms. The van der Waals surface area contributed by atoms with E-state index in [1.807, 2.05) is 13.8 Å². The number of ether oxygens (including phenoxy) is 1. The smallest absolute Gasteiger partial charge is 0.0877 e. The van der Waals surface area contributed by atoms with Crippen LogP contribution in [-0.4, -0.2) is 24.4 Å². The second-order valence-electron chi connectivity index (χ2n) is 3.10. The van der Waals surface area contributed by atoms with Crippen molar-refractivity contribution >= 4 is 0 Å². The molecule has 2 heteroatoms. The molecule has 0 fully saturated rings. The normalized spacial score (nSPS) is 20.1. The first kappa shape index (κ1) is 9.92. The molecular weight excluding hydrogens is 128 g/mol. The van der Waals surface area contributed by atoms with E-state index >= 15 is 0 Å². The second-order valence-corrected chi connectivity index (χ2v) is 3.10. The minimum absolute atomic E-state index is 0.299. The van der Waals surface area contributed by atoms with E-state index in [1.165, 1.54) is 0 Å². The zero-order valence-electron chi connectivity index (χ0n) is 7.35. The van der Waals surface area contributed by atoms with Crippen molar-refractivity contribution in [3.05, 3.63) is 0 Å². The molecule has 0 aromatic rings. The molecule has 0 saturated heterocycles. The van der Waals surface area contributed by atoms with Crippen molar-refractivity contribution in [1.29, 1.82) is 0 Å². The monoisotopic (exact) mass is 146 g/mol. The number of aliphatic hydroxyl groups is 1. The Morgan fingerprint density at radius 3 is 2.40 bits per heavy atom. The molecule has 62 valence electrons. The van der Waals surface area contributed by atoms with Crippen LogP contribution in [0.2, 0.25) is 0 Å². The van der Waals surface area contributed by atoms with Crippen LogP contribution in [0, 0.1) is 5.92 Å². The van der Waals surface area contributed by atoms with Gasteiger partial charge in [0.05, 0.1) is 12.2 Å². The fraction of sp³-hybridized carbons (Fsp3) is 1.00. The fourth-order valence-electron chi connectivity index (χ4n) is 0.874. The molecule has 1 N–H and O–H groups in total. The highest BCUT2D eigenvalue weighted by atomic mass is 16.5. The van der Waals surface area contributed by atoms with E-state index in [0.717, 1.165) is 6.42 Å². The van der Waals surface area contributed by atoms with Crippen LogP contribution < -0.4 is 0 Å². The predicted molar refractivity (Wildman–Crippen MR) is 42.0 cm³/mol. The van der Waals surface area contributed by atoms with Gasteiger partial charge in [0, 0.05) is 7.11 Å². The zero-order chi connectivity index (χ0) is 8.20. The SMILES string of the molecule is CCC(C)C(C)(O)COC. The Bertz CT molecular complexity index is 89.3. The van der Waals surface area contributed by atoms with E-state index in [2.05, 4.69) is 6.92 Å². The van der Waals surface area contributed by atoms with Crippen molar-refractivity contribution in [2.24, 2.45) is 5.92 Å². The third kappa shape index (κ3) is 2.67. The lowest BCUT2D eigenvalue weighted by Crippen LogP contribution is -2.37. The van der Waals surface area contributed by atoms with Crippen LogP contribution in [0.5, 0.6) is 0 Å². The summed E-state index contributed by atoms with van der Waals surface area (Å²) in [6.45, 7) is 6.32. The molecule has 0 rings (SSSR count). The van der Waals surface area contributed by atoms with Crippen molar-refractivity contribution in [3.8, 4) is 0 Å². The third-order valence-electron chi connectivity index (χ3n) is 2.11. The lowest BCUT2D eigenvalue weighted by atomic mass is 9.90. The maximum Gasteiger partial charge on any atom is 0.0877 e. The van der Waals surface area contributed by atoms with E-state index in [0.29, 0.717) is 12.5 Å². The Morgan fingerprint density at radius 2 is 2.10 bits per heavy atom. The maximum atomic E-state index is 9.66. The van der Waals surface area contributed by atoms with Crippen molar-refractivity contribution in [2.45, 2.75) is 32.8 Å². The van der Waals surface area contributed by atoms with Crippen molar-refractivity contribution in [1.82, 2.24) is 0 Å². The first-order valence-corrected chi connectivity index (χ1v) is 3.76. The van der Waals surface area contributed by atoms with Crippen LogP contribution in [0.3, 0.4) is 0 Å². The minimum Gasteiger partial charge on any atom is -0.387 e. The lowest BCUT2D eigenvalue weighted by Gasteiger charge is -2.28. The van der Waals surface area contributed by atoms with Crippen LogP contribution in [0.15, 0.2) is 0 Å². The highest BCUT2D eigenvalue weighted by Crippen LogP contribution is 2.19. The average Bonchev–Trinajstić information content (AvgIpc) is 1.86. The number of methoxy groups -OCH3 is 1. The zero-order valence-corrected chi connectivity index (χ0v) is 7.35. The quantitative estimate of drug-likeness (QED) is 0.650. The highest BCUT2D eigenvalue weighted by Gasteiger charge is 2.26. The van der Waals surface area contributed by atoms with Gasteiger partial charge < -0.3 is 9.84 Å². The van der Waals surface area contributed by atoms with E-state index in [1.54, 1.807) is 7.11 Å². The Morgan fingerprint density at radius 1 is 1.60 bits per heavy atom. The molecule has 0 radical (unpaired) electrons. The second kappa shape index (κ2) is 3.94. The van der Waals surface area contributed by atoms with Gasteiger partial charge in [-0.1, -0.05) is 20.3 Å².